The van der Waals surface area contributed by atoms with E-state index in [4.69, 9.17) is 4.74 Å². The third-order valence-electron chi connectivity index (χ3n) is 3.52. The maximum absolute atomic E-state index is 11.7. The molecule has 0 saturated heterocycles. The lowest BCUT2D eigenvalue weighted by atomic mass is 10.1. The predicted octanol–water partition coefficient (Wildman–Crippen LogP) is 4.78. The Bertz CT molecular complexity index is 715. The van der Waals surface area contributed by atoms with Crippen LogP contribution < -0.4 is 9.80 Å². The minimum Gasteiger partial charge on any atom is -0.489 e. The van der Waals surface area contributed by atoms with Gasteiger partial charge in [0.15, 0.2) is 0 Å². The van der Waals surface area contributed by atoms with E-state index in [-0.39, 0.29) is 18.9 Å². The van der Waals surface area contributed by atoms with Gasteiger partial charge in [-0.15, -0.1) is 0 Å². The molecule has 0 bridgehead atoms. The molecule has 0 aromatic heterocycles. The highest BCUT2D eigenvalue weighted by atomic mass is 79.9. The predicted molar refractivity (Wildman–Crippen MR) is 94.0 cm³/mol. The third kappa shape index (κ3) is 4.33. The average Bonchev–Trinajstić information content (AvgIpc) is 2.52. The number of carbonyl (C=O) groups is 1. The van der Waals surface area contributed by atoms with E-state index in [1.54, 1.807) is 19.1 Å². The molecule has 2 rings (SSSR count). The van der Waals surface area contributed by atoms with Crippen molar-refractivity contribution < 1.29 is 14.7 Å². The molecule has 0 radical (unpaired) electrons. The number of hydroxylamine groups is 1. The van der Waals surface area contributed by atoms with Gasteiger partial charge in [0.25, 0.3) is 0 Å². The van der Waals surface area contributed by atoms with Gasteiger partial charge in [-0.25, -0.2) is 0 Å². The molecule has 23 heavy (non-hydrogen) atoms. The summed E-state index contributed by atoms with van der Waals surface area (Å²) in [6.07, 6.45) is 0.226. The third-order valence-corrected chi connectivity index (χ3v) is 4.02. The van der Waals surface area contributed by atoms with Gasteiger partial charge in [0.2, 0.25) is 5.91 Å². The fraction of sp³-hybridized carbons (Fsp3) is 0.278. The first kappa shape index (κ1) is 17.5. The summed E-state index contributed by atoms with van der Waals surface area (Å²) in [4.78, 5) is 11.7. The molecule has 0 aliphatic heterocycles. The smallest absolute Gasteiger partial charge is 0.250 e. The topological polar surface area (TPSA) is 49.8 Å². The first-order valence-corrected chi connectivity index (χ1v) is 8.22. The molecule has 122 valence electrons. The normalized spacial score (nSPS) is 10.5. The van der Waals surface area contributed by atoms with Crippen LogP contribution in [0.4, 0.5) is 5.69 Å². The monoisotopic (exact) mass is 377 g/mol. The Morgan fingerprint density at radius 2 is 1.96 bits per heavy atom. The van der Waals surface area contributed by atoms with Crippen molar-refractivity contribution in [3.63, 3.8) is 0 Å². The molecule has 0 aliphatic carbocycles. The number of nitrogens with zero attached hydrogens (tertiary/aromatic N) is 1. The van der Waals surface area contributed by atoms with E-state index >= 15 is 0 Å². The lowest BCUT2D eigenvalue weighted by Gasteiger charge is -2.19. The summed E-state index contributed by atoms with van der Waals surface area (Å²) in [5.74, 6) is 0.424. The van der Waals surface area contributed by atoms with Crippen molar-refractivity contribution in [3.05, 3.63) is 57.6 Å². The molecule has 2 aromatic rings. The van der Waals surface area contributed by atoms with Crippen molar-refractivity contribution in [1.29, 1.82) is 0 Å². The maximum atomic E-state index is 11.7. The van der Waals surface area contributed by atoms with E-state index in [2.05, 4.69) is 22.0 Å². The van der Waals surface area contributed by atoms with Crippen LogP contribution in [0.1, 0.15) is 30.0 Å². The second-order valence-corrected chi connectivity index (χ2v) is 6.31. The standard InChI is InChI=1S/C18H20BrNO3/c1-4-18(21)20(22)16-7-6-15(19)10-14(16)11-23-17-8-5-12(2)9-13(17)3/h5-10,22H,4,11H2,1-3H3. The van der Waals surface area contributed by atoms with Gasteiger partial charge in [-0.3, -0.25) is 10.0 Å². The summed E-state index contributed by atoms with van der Waals surface area (Å²) >= 11 is 3.41. The molecule has 0 spiro atoms. The summed E-state index contributed by atoms with van der Waals surface area (Å²) in [7, 11) is 0. The Labute approximate surface area is 144 Å². The molecule has 0 heterocycles. The molecular formula is C18H20BrNO3. The number of rotatable bonds is 5. The van der Waals surface area contributed by atoms with E-state index in [9.17, 15) is 10.0 Å². The Morgan fingerprint density at radius 1 is 1.22 bits per heavy atom. The summed E-state index contributed by atoms with van der Waals surface area (Å²) in [5, 5.41) is 10.7. The Hall–Kier alpha value is -1.85. The van der Waals surface area contributed by atoms with Gasteiger partial charge < -0.3 is 4.74 Å². The van der Waals surface area contributed by atoms with Crippen molar-refractivity contribution in [2.75, 3.05) is 5.06 Å². The molecule has 0 fully saturated rings. The van der Waals surface area contributed by atoms with Gasteiger partial charge in [0.1, 0.15) is 12.4 Å². The Kier molecular flexibility index (Phi) is 5.80. The largest absolute Gasteiger partial charge is 0.489 e. The van der Waals surface area contributed by atoms with Crippen LogP contribution in [0.2, 0.25) is 0 Å². The van der Waals surface area contributed by atoms with Crippen molar-refractivity contribution in [3.8, 4) is 5.75 Å². The van der Waals surface area contributed by atoms with Gasteiger partial charge in [0.05, 0.1) is 5.69 Å². The molecule has 0 unspecified atom stereocenters. The van der Waals surface area contributed by atoms with Crippen LogP contribution in [0.15, 0.2) is 40.9 Å². The quantitative estimate of drug-likeness (QED) is 0.602. The maximum Gasteiger partial charge on any atom is 0.250 e. The highest BCUT2D eigenvalue weighted by Crippen LogP contribution is 2.27. The summed E-state index contributed by atoms with van der Waals surface area (Å²) in [5.41, 5.74) is 3.38. The molecule has 1 amide bonds. The van der Waals surface area contributed by atoms with Crippen LogP contribution in [0.3, 0.4) is 0 Å². The van der Waals surface area contributed by atoms with Gasteiger partial charge >= 0.3 is 0 Å². The molecule has 1 N–H and O–H groups in total. The minimum absolute atomic E-state index is 0.226. The SMILES string of the molecule is CCC(=O)N(O)c1ccc(Br)cc1COc1ccc(C)cc1C. The Morgan fingerprint density at radius 3 is 2.61 bits per heavy atom. The van der Waals surface area contributed by atoms with Gasteiger partial charge in [-0.05, 0) is 43.7 Å². The lowest BCUT2D eigenvalue weighted by molar-refractivity contribution is -0.123. The number of carbonyl (C=O) groups excluding carboxylic acids is 1. The van der Waals surface area contributed by atoms with E-state index in [1.807, 2.05) is 32.0 Å². The number of benzene rings is 2. The lowest BCUT2D eigenvalue weighted by Crippen LogP contribution is -2.27. The number of amides is 1. The molecule has 4 nitrogen and oxygen atoms in total. The zero-order chi connectivity index (χ0) is 17.0. The molecular weight excluding hydrogens is 358 g/mol. The first-order chi connectivity index (χ1) is 10.9. The number of aryl methyl sites for hydroxylation is 2. The molecule has 0 saturated carbocycles. The highest BCUT2D eigenvalue weighted by Gasteiger charge is 2.16. The van der Waals surface area contributed by atoms with Crippen LogP contribution >= 0.6 is 15.9 Å². The highest BCUT2D eigenvalue weighted by molar-refractivity contribution is 9.10. The second kappa shape index (κ2) is 7.62. The van der Waals surface area contributed by atoms with Gasteiger partial charge in [0, 0.05) is 16.5 Å². The molecule has 0 atom stereocenters. The first-order valence-electron chi connectivity index (χ1n) is 7.42. The van der Waals surface area contributed by atoms with Gasteiger partial charge in [-0.2, -0.15) is 5.06 Å². The second-order valence-electron chi connectivity index (χ2n) is 5.39. The number of hydrogen-bond acceptors (Lipinski definition) is 3. The van der Waals surface area contributed by atoms with E-state index in [0.717, 1.165) is 21.3 Å². The molecule has 0 aliphatic rings. The van der Waals surface area contributed by atoms with Crippen LogP contribution in [-0.2, 0) is 11.4 Å². The summed E-state index contributed by atoms with van der Waals surface area (Å²) in [6.45, 7) is 5.98. The van der Waals surface area contributed by atoms with Crippen molar-refractivity contribution >= 4 is 27.5 Å². The van der Waals surface area contributed by atoms with Crippen LogP contribution in [0, 0.1) is 13.8 Å². The zero-order valence-electron chi connectivity index (χ0n) is 13.5. The van der Waals surface area contributed by atoms with E-state index in [1.165, 1.54) is 5.56 Å². The van der Waals surface area contributed by atoms with Crippen LogP contribution in [0.25, 0.3) is 0 Å². The van der Waals surface area contributed by atoms with E-state index < -0.39 is 0 Å². The summed E-state index contributed by atoms with van der Waals surface area (Å²) in [6, 6.07) is 11.3. The van der Waals surface area contributed by atoms with Crippen LogP contribution in [0.5, 0.6) is 5.75 Å². The van der Waals surface area contributed by atoms with E-state index in [0.29, 0.717) is 10.8 Å². The van der Waals surface area contributed by atoms with Crippen molar-refractivity contribution in [2.45, 2.75) is 33.8 Å². The number of hydrogen-bond donors (Lipinski definition) is 1. The van der Waals surface area contributed by atoms with Crippen molar-refractivity contribution in [1.82, 2.24) is 0 Å². The molecule has 2 aromatic carbocycles. The average molecular weight is 378 g/mol. The fourth-order valence-electron chi connectivity index (χ4n) is 2.28. The van der Waals surface area contributed by atoms with Gasteiger partial charge in [-0.1, -0.05) is 40.5 Å². The minimum atomic E-state index is -0.361. The number of anilines is 1. The van der Waals surface area contributed by atoms with Crippen molar-refractivity contribution in [2.24, 2.45) is 0 Å². The fourth-order valence-corrected chi connectivity index (χ4v) is 2.69. The number of ether oxygens (including phenoxy) is 1. The molecule has 5 heteroatoms. The van der Waals surface area contributed by atoms with Crippen LogP contribution in [-0.4, -0.2) is 11.1 Å². The number of halogens is 1. The summed E-state index contributed by atoms with van der Waals surface area (Å²) < 4.78 is 6.73. The zero-order valence-corrected chi connectivity index (χ0v) is 15.1. The Balaban J connectivity index is 2.24.